The molecule has 118 valence electrons. The van der Waals surface area contributed by atoms with Crippen molar-refractivity contribution in [3.8, 4) is 0 Å². The van der Waals surface area contributed by atoms with Crippen molar-refractivity contribution in [3.05, 3.63) is 90.0 Å². The van der Waals surface area contributed by atoms with E-state index in [0.29, 0.717) is 0 Å². The van der Waals surface area contributed by atoms with E-state index >= 15 is 0 Å². The number of rotatable bonds is 7. The summed E-state index contributed by atoms with van der Waals surface area (Å²) in [4.78, 5) is 0. The predicted octanol–water partition coefficient (Wildman–Crippen LogP) is 5.69. The largest absolute Gasteiger partial charge is 0.381 e. The average Bonchev–Trinajstić information content (AvgIpc) is 2.59. The molecule has 23 heavy (non-hydrogen) atoms. The van der Waals surface area contributed by atoms with Gasteiger partial charge in [0.1, 0.15) is 0 Å². The summed E-state index contributed by atoms with van der Waals surface area (Å²) >= 11 is 0. The third-order valence-corrected chi connectivity index (χ3v) is 4.04. The Morgan fingerprint density at radius 2 is 1.78 bits per heavy atom. The monoisotopic (exact) mass is 303 g/mol. The van der Waals surface area contributed by atoms with Crippen LogP contribution in [0, 0.1) is 0 Å². The Balaban J connectivity index is 2.13. The standard InChI is InChI=1S/C22H25N/c1-6-19-9-8-10-20(7-2)22(19)17(5)23-15-18-11-13-21(14-12-18)16(3)4/h6,8-14,23H,1,3,5,7,15H2,2,4H3. The molecule has 0 aliphatic heterocycles. The van der Waals surface area contributed by atoms with Crippen LogP contribution < -0.4 is 5.32 Å². The molecule has 0 unspecified atom stereocenters. The van der Waals surface area contributed by atoms with Crippen LogP contribution in [-0.4, -0.2) is 0 Å². The minimum atomic E-state index is 0.754. The molecule has 0 fully saturated rings. The summed E-state index contributed by atoms with van der Waals surface area (Å²) in [6, 6.07) is 14.8. The molecule has 0 radical (unpaired) electrons. The molecule has 0 aliphatic carbocycles. The molecule has 1 N–H and O–H groups in total. The van der Waals surface area contributed by atoms with Crippen LogP contribution in [0.1, 0.15) is 41.7 Å². The second-order valence-corrected chi connectivity index (χ2v) is 5.75. The molecular weight excluding hydrogens is 278 g/mol. The van der Waals surface area contributed by atoms with Gasteiger partial charge in [-0.3, -0.25) is 0 Å². The average molecular weight is 303 g/mol. The van der Waals surface area contributed by atoms with Crippen LogP contribution in [0.5, 0.6) is 0 Å². The number of benzene rings is 2. The molecule has 1 nitrogen and oxygen atoms in total. The maximum atomic E-state index is 4.23. The second kappa shape index (κ2) is 7.64. The first-order valence-corrected chi connectivity index (χ1v) is 7.99. The van der Waals surface area contributed by atoms with E-state index in [1.807, 2.05) is 13.0 Å². The molecule has 0 heterocycles. The molecule has 2 aromatic rings. The van der Waals surface area contributed by atoms with Gasteiger partial charge in [-0.1, -0.05) is 80.8 Å². The fraction of sp³-hybridized carbons (Fsp3) is 0.182. The molecule has 0 saturated carbocycles. The first-order chi connectivity index (χ1) is 11.1. The van der Waals surface area contributed by atoms with Gasteiger partial charge in [0.15, 0.2) is 0 Å². The van der Waals surface area contributed by atoms with Gasteiger partial charge in [-0.15, -0.1) is 0 Å². The fourth-order valence-electron chi connectivity index (χ4n) is 2.66. The summed E-state index contributed by atoms with van der Waals surface area (Å²) in [6.45, 7) is 17.1. The summed E-state index contributed by atoms with van der Waals surface area (Å²) in [5, 5.41) is 3.45. The normalized spacial score (nSPS) is 10.2. The van der Waals surface area contributed by atoms with E-state index in [4.69, 9.17) is 0 Å². The molecular formula is C22H25N. The zero-order chi connectivity index (χ0) is 16.8. The van der Waals surface area contributed by atoms with Gasteiger partial charge in [0.25, 0.3) is 0 Å². The first kappa shape index (κ1) is 16.8. The molecule has 0 atom stereocenters. The van der Waals surface area contributed by atoms with E-state index in [0.717, 1.165) is 29.8 Å². The van der Waals surface area contributed by atoms with Crippen molar-refractivity contribution in [2.75, 3.05) is 0 Å². The number of nitrogens with one attached hydrogen (secondary N) is 1. The summed E-state index contributed by atoms with van der Waals surface area (Å²) in [5.41, 5.74) is 8.02. The zero-order valence-corrected chi connectivity index (χ0v) is 14.2. The SMILES string of the molecule is C=Cc1cccc(CC)c1C(=C)NCc1ccc(C(=C)C)cc1. The number of allylic oxidation sites excluding steroid dienone is 1. The molecule has 0 aromatic heterocycles. The molecule has 0 bridgehead atoms. The highest BCUT2D eigenvalue weighted by molar-refractivity contribution is 5.74. The van der Waals surface area contributed by atoms with Crippen molar-refractivity contribution >= 4 is 17.3 Å². The topological polar surface area (TPSA) is 12.0 Å². The fourth-order valence-corrected chi connectivity index (χ4v) is 2.66. The highest BCUT2D eigenvalue weighted by Crippen LogP contribution is 2.23. The number of hydrogen-bond donors (Lipinski definition) is 1. The third kappa shape index (κ3) is 4.01. The minimum Gasteiger partial charge on any atom is -0.381 e. The second-order valence-electron chi connectivity index (χ2n) is 5.75. The van der Waals surface area contributed by atoms with E-state index in [9.17, 15) is 0 Å². The highest BCUT2D eigenvalue weighted by atomic mass is 14.9. The van der Waals surface area contributed by atoms with Crippen molar-refractivity contribution in [1.29, 1.82) is 0 Å². The van der Waals surface area contributed by atoms with Crippen molar-refractivity contribution in [2.24, 2.45) is 0 Å². The van der Waals surface area contributed by atoms with Gasteiger partial charge in [0, 0.05) is 17.8 Å². The van der Waals surface area contributed by atoms with E-state index in [2.05, 4.69) is 74.4 Å². The summed E-state index contributed by atoms with van der Waals surface area (Å²) < 4.78 is 0. The van der Waals surface area contributed by atoms with Crippen LogP contribution in [0.3, 0.4) is 0 Å². The van der Waals surface area contributed by atoms with Gasteiger partial charge in [-0.25, -0.2) is 0 Å². The lowest BCUT2D eigenvalue weighted by Crippen LogP contribution is -2.13. The molecule has 0 amide bonds. The summed E-state index contributed by atoms with van der Waals surface area (Å²) in [7, 11) is 0. The van der Waals surface area contributed by atoms with Crippen molar-refractivity contribution in [2.45, 2.75) is 26.8 Å². The van der Waals surface area contributed by atoms with Crippen LogP contribution >= 0.6 is 0 Å². The van der Waals surface area contributed by atoms with Crippen LogP contribution in [0.2, 0.25) is 0 Å². The van der Waals surface area contributed by atoms with Gasteiger partial charge in [0.2, 0.25) is 0 Å². The van der Waals surface area contributed by atoms with E-state index in [-0.39, 0.29) is 0 Å². The Hall–Kier alpha value is -2.54. The van der Waals surface area contributed by atoms with E-state index in [1.165, 1.54) is 22.3 Å². The third-order valence-electron chi connectivity index (χ3n) is 4.04. The zero-order valence-electron chi connectivity index (χ0n) is 14.2. The molecule has 1 heteroatoms. The minimum absolute atomic E-state index is 0.754. The number of hydrogen-bond acceptors (Lipinski definition) is 1. The van der Waals surface area contributed by atoms with Gasteiger partial charge >= 0.3 is 0 Å². The van der Waals surface area contributed by atoms with Crippen LogP contribution in [0.15, 0.2) is 62.2 Å². The Labute approximate surface area is 140 Å². The quantitative estimate of drug-likeness (QED) is 0.693. The van der Waals surface area contributed by atoms with Gasteiger partial charge in [-0.2, -0.15) is 0 Å². The Morgan fingerprint density at radius 1 is 1.09 bits per heavy atom. The van der Waals surface area contributed by atoms with Crippen LogP contribution in [-0.2, 0) is 13.0 Å². The predicted molar refractivity (Wildman–Crippen MR) is 103 cm³/mol. The lowest BCUT2D eigenvalue weighted by atomic mass is 9.97. The lowest BCUT2D eigenvalue weighted by molar-refractivity contribution is 0.887. The maximum Gasteiger partial charge on any atom is 0.0400 e. The molecule has 0 spiro atoms. The molecule has 2 aromatic carbocycles. The highest BCUT2D eigenvalue weighted by Gasteiger charge is 2.08. The van der Waals surface area contributed by atoms with Crippen LogP contribution in [0.25, 0.3) is 17.3 Å². The summed E-state index contributed by atoms with van der Waals surface area (Å²) in [6.07, 6.45) is 2.87. The Kier molecular flexibility index (Phi) is 5.59. The molecule has 0 aliphatic rings. The summed E-state index contributed by atoms with van der Waals surface area (Å²) in [5.74, 6) is 0. The van der Waals surface area contributed by atoms with Gasteiger partial charge in [0.05, 0.1) is 0 Å². The molecule has 2 rings (SSSR count). The number of aryl methyl sites for hydroxylation is 1. The lowest BCUT2D eigenvalue weighted by Gasteiger charge is -2.16. The van der Waals surface area contributed by atoms with Gasteiger partial charge < -0.3 is 5.32 Å². The maximum absolute atomic E-state index is 4.23. The van der Waals surface area contributed by atoms with Crippen molar-refractivity contribution in [3.63, 3.8) is 0 Å². The van der Waals surface area contributed by atoms with E-state index < -0.39 is 0 Å². The van der Waals surface area contributed by atoms with E-state index in [1.54, 1.807) is 0 Å². The van der Waals surface area contributed by atoms with Gasteiger partial charge in [-0.05, 0) is 35.6 Å². The van der Waals surface area contributed by atoms with Crippen molar-refractivity contribution < 1.29 is 0 Å². The smallest absolute Gasteiger partial charge is 0.0400 e. The first-order valence-electron chi connectivity index (χ1n) is 7.99. The van der Waals surface area contributed by atoms with Crippen molar-refractivity contribution in [1.82, 2.24) is 5.32 Å². The Morgan fingerprint density at radius 3 is 2.35 bits per heavy atom. The molecule has 0 saturated heterocycles. The van der Waals surface area contributed by atoms with Crippen LogP contribution in [0.4, 0.5) is 0 Å². The Bertz CT molecular complexity index is 720.